The predicted molar refractivity (Wildman–Crippen MR) is 187 cm³/mol. The molecule has 6 aliphatic rings. The van der Waals surface area contributed by atoms with Crippen molar-refractivity contribution in [3.63, 3.8) is 0 Å². The number of piperazine rings is 1. The summed E-state index contributed by atoms with van der Waals surface area (Å²) in [4.78, 5) is 33.1. The first kappa shape index (κ1) is 31.9. The fourth-order valence-corrected chi connectivity index (χ4v) is 10.5. The highest BCUT2D eigenvalue weighted by atomic mass is 32.2. The fourth-order valence-electron chi connectivity index (χ4n) is 9.50. The molecule has 5 atom stereocenters. The molecule has 5 heterocycles. The Labute approximate surface area is 284 Å². The first-order valence-electron chi connectivity index (χ1n) is 18.0. The molecule has 9 rings (SSSR count). The van der Waals surface area contributed by atoms with Crippen molar-refractivity contribution in [2.75, 3.05) is 27.2 Å². The van der Waals surface area contributed by atoms with Crippen LogP contribution in [0.3, 0.4) is 0 Å². The molecule has 1 N–H and O–H groups in total. The molecule has 5 unspecified atom stereocenters. The van der Waals surface area contributed by atoms with Crippen molar-refractivity contribution < 1.29 is 22.7 Å². The van der Waals surface area contributed by atoms with Crippen LogP contribution in [0, 0.1) is 5.41 Å². The van der Waals surface area contributed by atoms with Crippen LogP contribution in [0.4, 0.5) is 0 Å². The standard InChI is InChI=1S/C38H48N4O5S/c1-5-23(2)48(45,46)39-36(43)25-11-15-30-33(17-25)42-22-38(37(44)41-21-26-12-13-27(41)20-40(26)3)19-32(38)31-18-28(47-4)14-16-29(31)35(42)34(30)24-9-7-6-8-10-24/h11,14-18,23-24,26-27,32H,5-10,12-13,19-22H2,1-4H3,(H,39,43). The highest BCUT2D eigenvalue weighted by Crippen LogP contribution is 2.66. The first-order valence-corrected chi connectivity index (χ1v) is 19.5. The summed E-state index contributed by atoms with van der Waals surface area (Å²) in [5, 5.41) is 0.420. The summed E-state index contributed by atoms with van der Waals surface area (Å²) < 4.78 is 36.2. The molecule has 5 fully saturated rings. The summed E-state index contributed by atoms with van der Waals surface area (Å²) in [6.07, 6.45) is 9.17. The SMILES string of the molecule is CCC(C)S(=O)(=O)NC(=O)c1ccc2c(C3CCCCC3)c3n(c2c1)CC1(C(=O)N2CC4CCC2CN4C)CC1c1cc(OC)ccc1-3. The number of ether oxygens (including phenoxy) is 1. The minimum absolute atomic E-state index is 0.0783. The molecule has 0 radical (unpaired) electrons. The summed E-state index contributed by atoms with van der Waals surface area (Å²) in [6, 6.07) is 12.7. The number of fused-ring (bicyclic) bond motifs is 10. The smallest absolute Gasteiger partial charge is 0.264 e. The summed E-state index contributed by atoms with van der Waals surface area (Å²) in [5.41, 5.74) is 5.41. The molecular weight excluding hydrogens is 625 g/mol. The number of likely N-dealkylation sites (N-methyl/N-ethyl adjacent to an activating group) is 1. The van der Waals surface area contributed by atoms with E-state index in [1.807, 2.05) is 18.2 Å². The van der Waals surface area contributed by atoms with Gasteiger partial charge in [0.1, 0.15) is 5.75 Å². The van der Waals surface area contributed by atoms with Gasteiger partial charge < -0.3 is 14.2 Å². The molecule has 10 heteroatoms. The molecule has 3 aromatic rings. The molecule has 2 saturated carbocycles. The number of sulfonamides is 1. The maximum atomic E-state index is 14.9. The van der Waals surface area contributed by atoms with E-state index in [-0.39, 0.29) is 17.9 Å². The highest BCUT2D eigenvalue weighted by Gasteiger charge is 2.65. The van der Waals surface area contributed by atoms with Crippen molar-refractivity contribution in [3.8, 4) is 17.0 Å². The minimum atomic E-state index is -3.81. The summed E-state index contributed by atoms with van der Waals surface area (Å²) in [6.45, 7) is 5.64. The van der Waals surface area contributed by atoms with Crippen molar-refractivity contribution in [2.24, 2.45) is 5.41 Å². The number of piperidine rings is 2. The van der Waals surface area contributed by atoms with E-state index in [1.54, 1.807) is 27.0 Å². The van der Waals surface area contributed by atoms with E-state index in [4.69, 9.17) is 4.74 Å². The maximum Gasteiger partial charge on any atom is 0.264 e. The average Bonchev–Trinajstić information content (AvgIpc) is 3.77. The van der Waals surface area contributed by atoms with Gasteiger partial charge in [-0.1, -0.05) is 32.3 Å². The molecule has 2 aromatic carbocycles. The van der Waals surface area contributed by atoms with Crippen LogP contribution < -0.4 is 9.46 Å². The van der Waals surface area contributed by atoms with E-state index >= 15 is 0 Å². The third kappa shape index (κ3) is 4.91. The van der Waals surface area contributed by atoms with Crippen LogP contribution in [0.1, 0.15) is 105 Å². The molecule has 2 aliphatic carbocycles. The molecule has 4 aliphatic heterocycles. The van der Waals surface area contributed by atoms with Gasteiger partial charge >= 0.3 is 0 Å². The zero-order valence-electron chi connectivity index (χ0n) is 28.6. The number of aromatic nitrogens is 1. The number of carbonyl (C=O) groups excluding carboxylic acids is 2. The topological polar surface area (TPSA) is 101 Å². The minimum Gasteiger partial charge on any atom is -0.497 e. The first-order chi connectivity index (χ1) is 23.1. The van der Waals surface area contributed by atoms with Crippen LogP contribution in [0.15, 0.2) is 36.4 Å². The molecule has 48 heavy (non-hydrogen) atoms. The molecule has 2 amide bonds. The Morgan fingerprint density at radius 1 is 1.02 bits per heavy atom. The normalized spacial score (nSPS) is 27.5. The van der Waals surface area contributed by atoms with Crippen molar-refractivity contribution in [3.05, 3.63) is 53.1 Å². The third-order valence-corrected chi connectivity index (χ3v) is 14.5. The lowest BCUT2D eigenvalue weighted by Crippen LogP contribution is -2.64. The quantitative estimate of drug-likeness (QED) is 0.330. The highest BCUT2D eigenvalue weighted by molar-refractivity contribution is 7.90. The maximum absolute atomic E-state index is 14.9. The van der Waals surface area contributed by atoms with Crippen LogP contribution in [0.5, 0.6) is 5.75 Å². The summed E-state index contributed by atoms with van der Waals surface area (Å²) in [7, 11) is 0.0677. The van der Waals surface area contributed by atoms with E-state index in [0.717, 1.165) is 73.1 Å². The second-order valence-electron chi connectivity index (χ2n) is 15.3. The van der Waals surface area contributed by atoms with Gasteiger partial charge in [0.2, 0.25) is 15.9 Å². The van der Waals surface area contributed by atoms with Crippen molar-refractivity contribution in [2.45, 2.75) is 107 Å². The van der Waals surface area contributed by atoms with Gasteiger partial charge in [-0.25, -0.2) is 13.1 Å². The summed E-state index contributed by atoms with van der Waals surface area (Å²) >= 11 is 0. The summed E-state index contributed by atoms with van der Waals surface area (Å²) in [5.74, 6) is 0.883. The van der Waals surface area contributed by atoms with E-state index in [2.05, 4.69) is 38.3 Å². The van der Waals surface area contributed by atoms with Gasteiger partial charge in [0, 0.05) is 59.7 Å². The molecule has 3 saturated heterocycles. The monoisotopic (exact) mass is 672 g/mol. The van der Waals surface area contributed by atoms with Gasteiger partial charge in [-0.3, -0.25) is 14.5 Å². The number of hydrogen-bond donors (Lipinski definition) is 1. The van der Waals surface area contributed by atoms with Gasteiger partial charge in [-0.05, 0) is 99.9 Å². The lowest BCUT2D eigenvalue weighted by atomic mass is 9.81. The number of amides is 2. The number of benzene rings is 2. The van der Waals surface area contributed by atoms with Crippen LogP contribution in [-0.4, -0.2) is 79.2 Å². The second kappa shape index (κ2) is 11.6. The molecule has 256 valence electrons. The van der Waals surface area contributed by atoms with Gasteiger partial charge in [-0.15, -0.1) is 0 Å². The van der Waals surface area contributed by atoms with E-state index in [0.29, 0.717) is 30.5 Å². The molecule has 9 nitrogen and oxygen atoms in total. The number of methoxy groups -OCH3 is 1. The van der Waals surface area contributed by atoms with E-state index in [1.165, 1.54) is 30.4 Å². The Hall–Kier alpha value is -3.37. The van der Waals surface area contributed by atoms with Crippen LogP contribution >= 0.6 is 0 Å². The Morgan fingerprint density at radius 2 is 1.79 bits per heavy atom. The zero-order valence-corrected chi connectivity index (χ0v) is 29.4. The number of nitrogens with one attached hydrogen (secondary N) is 1. The zero-order chi connectivity index (χ0) is 33.5. The van der Waals surface area contributed by atoms with Crippen molar-refractivity contribution >= 4 is 32.7 Å². The average molecular weight is 673 g/mol. The lowest BCUT2D eigenvalue weighted by molar-refractivity contribution is -0.147. The predicted octanol–water partition coefficient (Wildman–Crippen LogP) is 6.02. The Kier molecular flexibility index (Phi) is 7.71. The van der Waals surface area contributed by atoms with Gasteiger partial charge in [0.15, 0.2) is 0 Å². The van der Waals surface area contributed by atoms with E-state index < -0.39 is 26.6 Å². The number of carbonyl (C=O) groups is 2. The Balaban J connectivity index is 1.30. The van der Waals surface area contributed by atoms with Crippen molar-refractivity contribution in [1.29, 1.82) is 0 Å². The van der Waals surface area contributed by atoms with Gasteiger partial charge in [0.05, 0.1) is 23.5 Å². The van der Waals surface area contributed by atoms with Crippen LogP contribution in [0.2, 0.25) is 0 Å². The largest absolute Gasteiger partial charge is 0.497 e. The Bertz CT molecular complexity index is 1910. The third-order valence-electron chi connectivity index (χ3n) is 12.6. The molecule has 2 bridgehead atoms. The van der Waals surface area contributed by atoms with Gasteiger partial charge in [0.25, 0.3) is 5.91 Å². The molecule has 1 aromatic heterocycles. The molecular formula is C38H48N4O5S. The second-order valence-corrected chi connectivity index (χ2v) is 17.4. The van der Waals surface area contributed by atoms with Crippen LogP contribution in [-0.2, 0) is 21.4 Å². The lowest BCUT2D eigenvalue weighted by Gasteiger charge is -2.51. The number of hydrogen-bond acceptors (Lipinski definition) is 6. The molecule has 0 spiro atoms. The van der Waals surface area contributed by atoms with E-state index in [9.17, 15) is 18.0 Å². The Morgan fingerprint density at radius 3 is 2.48 bits per heavy atom. The number of nitrogens with zero attached hydrogens (tertiary/aromatic N) is 3. The van der Waals surface area contributed by atoms with Crippen molar-refractivity contribution in [1.82, 2.24) is 19.1 Å². The fraction of sp³-hybridized carbons (Fsp3) is 0.579. The van der Waals surface area contributed by atoms with Gasteiger partial charge in [-0.2, -0.15) is 0 Å². The van der Waals surface area contributed by atoms with Crippen LogP contribution in [0.25, 0.3) is 22.2 Å². The number of rotatable bonds is 7.